The van der Waals surface area contributed by atoms with Gasteiger partial charge in [-0.1, -0.05) is 18.2 Å². The average Bonchev–Trinajstić information content (AvgIpc) is 2.51. The van der Waals surface area contributed by atoms with Gasteiger partial charge in [0.25, 0.3) is 0 Å². The molecule has 0 saturated carbocycles. The highest BCUT2D eigenvalue weighted by Gasteiger charge is 2.04. The molecule has 0 unspecified atom stereocenters. The Hall–Kier alpha value is -0.470. The molecular weight excluding hydrogens is 196 g/mol. The Kier molecular flexibility index (Phi) is 2.61. The molecule has 0 aliphatic heterocycles. The Labute approximate surface area is 87.0 Å². The van der Waals surface area contributed by atoms with Crippen molar-refractivity contribution in [3.8, 4) is 0 Å². The number of aryl methyl sites for hydroxylation is 1. The monoisotopic (exact) mass is 208 g/mol. The van der Waals surface area contributed by atoms with Gasteiger partial charge in [-0.05, 0) is 35.1 Å². The first-order valence-electron chi connectivity index (χ1n) is 4.27. The highest BCUT2D eigenvalue weighted by molar-refractivity contribution is 7.97. The van der Waals surface area contributed by atoms with Crippen LogP contribution in [0, 0.1) is 6.92 Å². The second-order valence-electron chi connectivity index (χ2n) is 3.15. The van der Waals surface area contributed by atoms with Crippen LogP contribution in [0.25, 0.3) is 10.1 Å². The maximum Gasteiger partial charge on any atom is 0.0375 e. The summed E-state index contributed by atoms with van der Waals surface area (Å²) in [5.41, 5.74) is 2.88. The molecule has 0 aliphatic carbocycles. The van der Waals surface area contributed by atoms with E-state index in [1.165, 1.54) is 21.2 Å². The van der Waals surface area contributed by atoms with E-state index in [1.54, 1.807) is 0 Å². The van der Waals surface area contributed by atoms with E-state index in [0.717, 1.165) is 5.75 Å². The summed E-state index contributed by atoms with van der Waals surface area (Å²) in [4.78, 5) is 0. The molecule has 0 aliphatic rings. The summed E-state index contributed by atoms with van der Waals surface area (Å²) in [6.45, 7) is 2.18. The van der Waals surface area contributed by atoms with Crippen molar-refractivity contribution >= 4 is 33.2 Å². The standard InChI is InChI=1S/C11H12S2/c1-8-4-3-5-10-9(6-12-2)7-13-11(8)10/h3-5,7H,6H2,1-2H3. The van der Waals surface area contributed by atoms with Crippen molar-refractivity contribution in [3.63, 3.8) is 0 Å². The van der Waals surface area contributed by atoms with Crippen LogP contribution in [-0.4, -0.2) is 6.26 Å². The minimum absolute atomic E-state index is 1.13. The maximum absolute atomic E-state index is 2.29. The Morgan fingerprint density at radius 1 is 1.38 bits per heavy atom. The van der Waals surface area contributed by atoms with E-state index in [2.05, 4.69) is 36.8 Å². The van der Waals surface area contributed by atoms with Gasteiger partial charge in [0.15, 0.2) is 0 Å². The van der Waals surface area contributed by atoms with Crippen molar-refractivity contribution < 1.29 is 0 Å². The third kappa shape index (κ3) is 1.61. The molecule has 0 atom stereocenters. The number of thiophene rings is 1. The Bertz CT molecular complexity index is 415. The fourth-order valence-electron chi connectivity index (χ4n) is 1.52. The van der Waals surface area contributed by atoms with Gasteiger partial charge < -0.3 is 0 Å². The molecule has 2 aromatic rings. The molecule has 2 rings (SSSR count). The molecule has 68 valence electrons. The topological polar surface area (TPSA) is 0 Å². The van der Waals surface area contributed by atoms with Gasteiger partial charge in [-0.25, -0.2) is 0 Å². The summed E-state index contributed by atoms with van der Waals surface area (Å²) in [6.07, 6.45) is 2.15. The molecule has 1 aromatic heterocycles. The zero-order chi connectivity index (χ0) is 9.26. The van der Waals surface area contributed by atoms with Crippen LogP contribution < -0.4 is 0 Å². The fourth-order valence-corrected chi connectivity index (χ4v) is 3.23. The highest BCUT2D eigenvalue weighted by Crippen LogP contribution is 2.30. The van der Waals surface area contributed by atoms with Crippen LogP contribution in [-0.2, 0) is 5.75 Å². The maximum atomic E-state index is 2.29. The molecule has 0 saturated heterocycles. The van der Waals surface area contributed by atoms with E-state index < -0.39 is 0 Å². The first-order valence-corrected chi connectivity index (χ1v) is 6.55. The molecule has 0 radical (unpaired) electrons. The van der Waals surface area contributed by atoms with E-state index in [0.29, 0.717) is 0 Å². The van der Waals surface area contributed by atoms with Gasteiger partial charge in [0, 0.05) is 10.5 Å². The van der Waals surface area contributed by atoms with Gasteiger partial charge in [0.05, 0.1) is 0 Å². The number of benzene rings is 1. The van der Waals surface area contributed by atoms with Gasteiger partial charge in [0.2, 0.25) is 0 Å². The largest absolute Gasteiger partial charge is 0.161 e. The summed E-state index contributed by atoms with van der Waals surface area (Å²) in [5.74, 6) is 1.13. The third-order valence-electron chi connectivity index (χ3n) is 2.18. The molecular formula is C11H12S2. The van der Waals surface area contributed by atoms with Crippen molar-refractivity contribution in [1.29, 1.82) is 0 Å². The van der Waals surface area contributed by atoms with E-state index in [1.807, 2.05) is 23.1 Å². The summed E-state index contributed by atoms with van der Waals surface area (Å²) in [6, 6.07) is 6.56. The molecule has 2 heteroatoms. The van der Waals surface area contributed by atoms with E-state index in [9.17, 15) is 0 Å². The van der Waals surface area contributed by atoms with Crippen LogP contribution in [0.15, 0.2) is 23.6 Å². The Morgan fingerprint density at radius 2 is 2.23 bits per heavy atom. The zero-order valence-corrected chi connectivity index (χ0v) is 9.47. The Morgan fingerprint density at radius 3 is 3.00 bits per heavy atom. The highest BCUT2D eigenvalue weighted by atomic mass is 32.2. The van der Waals surface area contributed by atoms with Crippen LogP contribution in [0.3, 0.4) is 0 Å². The lowest BCUT2D eigenvalue weighted by Crippen LogP contribution is -1.76. The van der Waals surface area contributed by atoms with E-state index in [4.69, 9.17) is 0 Å². The lowest BCUT2D eigenvalue weighted by molar-refractivity contribution is 1.50. The molecule has 13 heavy (non-hydrogen) atoms. The second kappa shape index (κ2) is 3.72. The van der Waals surface area contributed by atoms with Crippen LogP contribution in [0.2, 0.25) is 0 Å². The predicted octanol–water partition coefficient (Wildman–Crippen LogP) is 4.07. The lowest BCUT2D eigenvalue weighted by atomic mass is 10.1. The SMILES string of the molecule is CSCc1csc2c(C)cccc12. The minimum Gasteiger partial charge on any atom is -0.161 e. The number of hydrogen-bond acceptors (Lipinski definition) is 2. The Balaban J connectivity index is 2.61. The van der Waals surface area contributed by atoms with Gasteiger partial charge in [-0.2, -0.15) is 11.8 Å². The molecule has 0 nitrogen and oxygen atoms in total. The van der Waals surface area contributed by atoms with Crippen LogP contribution in [0.4, 0.5) is 0 Å². The first kappa shape index (κ1) is 9.10. The summed E-state index contributed by atoms with van der Waals surface area (Å²) < 4.78 is 1.45. The van der Waals surface area contributed by atoms with Gasteiger partial charge >= 0.3 is 0 Å². The molecule has 1 aromatic carbocycles. The molecule has 0 bridgehead atoms. The molecule has 0 amide bonds. The fraction of sp³-hybridized carbons (Fsp3) is 0.273. The summed E-state index contributed by atoms with van der Waals surface area (Å²) in [5, 5.41) is 3.73. The lowest BCUT2D eigenvalue weighted by Gasteiger charge is -1.97. The first-order chi connectivity index (χ1) is 6.33. The summed E-state index contributed by atoms with van der Waals surface area (Å²) >= 11 is 3.75. The predicted molar refractivity (Wildman–Crippen MR) is 63.8 cm³/mol. The quantitative estimate of drug-likeness (QED) is 0.717. The van der Waals surface area contributed by atoms with Crippen molar-refractivity contribution in [2.45, 2.75) is 12.7 Å². The van der Waals surface area contributed by atoms with Crippen molar-refractivity contribution in [3.05, 3.63) is 34.7 Å². The molecule has 0 fully saturated rings. The minimum atomic E-state index is 1.13. The van der Waals surface area contributed by atoms with Crippen molar-refractivity contribution in [1.82, 2.24) is 0 Å². The van der Waals surface area contributed by atoms with Gasteiger partial charge in [-0.15, -0.1) is 11.3 Å². The van der Waals surface area contributed by atoms with Gasteiger partial charge in [0.1, 0.15) is 0 Å². The molecule has 1 heterocycles. The van der Waals surface area contributed by atoms with Crippen LogP contribution in [0.5, 0.6) is 0 Å². The number of hydrogen-bond donors (Lipinski definition) is 0. The van der Waals surface area contributed by atoms with Crippen LogP contribution in [0.1, 0.15) is 11.1 Å². The van der Waals surface area contributed by atoms with E-state index in [-0.39, 0.29) is 0 Å². The third-order valence-corrected chi connectivity index (χ3v) is 3.96. The van der Waals surface area contributed by atoms with Crippen molar-refractivity contribution in [2.75, 3.05) is 6.26 Å². The molecule has 0 spiro atoms. The zero-order valence-electron chi connectivity index (χ0n) is 7.83. The number of rotatable bonds is 2. The van der Waals surface area contributed by atoms with E-state index >= 15 is 0 Å². The normalized spacial score (nSPS) is 10.9. The summed E-state index contributed by atoms with van der Waals surface area (Å²) in [7, 11) is 0. The number of thioether (sulfide) groups is 1. The molecule has 0 N–H and O–H groups in total. The average molecular weight is 208 g/mol. The second-order valence-corrected chi connectivity index (χ2v) is 4.89. The number of fused-ring (bicyclic) bond motifs is 1. The van der Waals surface area contributed by atoms with Crippen molar-refractivity contribution in [2.24, 2.45) is 0 Å². The van der Waals surface area contributed by atoms with Gasteiger partial charge in [-0.3, -0.25) is 0 Å². The van der Waals surface area contributed by atoms with Crippen LogP contribution >= 0.6 is 23.1 Å². The smallest absolute Gasteiger partial charge is 0.0375 e.